The van der Waals surface area contributed by atoms with Crippen LogP contribution in [0.1, 0.15) is 23.9 Å². The smallest absolute Gasteiger partial charge is 0.315 e. The first-order valence-corrected chi connectivity index (χ1v) is 9.77. The number of aliphatic carboxylic acids is 1. The SMILES string of the molecule is Cc1cc(-c2ccc(N3CCOCC3)cc2CNC(=O)C(C)C(=O)O)cc(C)n1. The highest BCUT2D eigenvalue weighted by Crippen LogP contribution is 2.29. The van der Waals surface area contributed by atoms with E-state index in [-0.39, 0.29) is 6.54 Å². The third kappa shape index (κ3) is 5.12. The molecule has 2 heterocycles. The molecule has 3 rings (SSSR count). The number of rotatable bonds is 6. The molecule has 2 N–H and O–H groups in total. The Morgan fingerprint density at radius 3 is 2.45 bits per heavy atom. The highest BCUT2D eigenvalue weighted by Gasteiger charge is 2.21. The van der Waals surface area contributed by atoms with Crippen LogP contribution in [0.25, 0.3) is 11.1 Å². The molecule has 1 aliphatic rings. The van der Waals surface area contributed by atoms with Crippen LogP contribution in [0.4, 0.5) is 5.69 Å². The molecule has 154 valence electrons. The molecule has 1 saturated heterocycles. The van der Waals surface area contributed by atoms with E-state index < -0.39 is 17.8 Å². The summed E-state index contributed by atoms with van der Waals surface area (Å²) in [6, 6.07) is 10.2. The minimum atomic E-state index is -1.13. The van der Waals surface area contributed by atoms with Gasteiger partial charge in [-0.1, -0.05) is 6.07 Å². The van der Waals surface area contributed by atoms with Crippen molar-refractivity contribution in [2.75, 3.05) is 31.2 Å². The standard InChI is InChI=1S/C22H27N3O4/c1-14-10-17(11-15(2)24-14)20-5-4-19(25-6-8-29-9-7-25)12-18(20)13-23-21(26)16(3)22(27)28/h4-5,10-12,16H,6-9,13H2,1-3H3,(H,23,26)(H,27,28). The summed E-state index contributed by atoms with van der Waals surface area (Å²) in [5.41, 5.74) is 5.87. The summed E-state index contributed by atoms with van der Waals surface area (Å²) in [5, 5.41) is 11.8. The molecular weight excluding hydrogens is 370 g/mol. The minimum absolute atomic E-state index is 0.254. The first-order valence-electron chi connectivity index (χ1n) is 9.77. The number of carbonyl (C=O) groups excluding carboxylic acids is 1. The summed E-state index contributed by atoms with van der Waals surface area (Å²) in [7, 11) is 0. The lowest BCUT2D eigenvalue weighted by molar-refractivity contribution is -0.146. The number of carboxylic acids is 1. The normalized spacial score (nSPS) is 15.1. The van der Waals surface area contributed by atoms with E-state index in [4.69, 9.17) is 9.84 Å². The number of morpholine rings is 1. The Bertz CT molecular complexity index is 887. The lowest BCUT2D eigenvalue weighted by Crippen LogP contribution is -2.36. The first kappa shape index (κ1) is 20.8. The van der Waals surface area contributed by atoms with Gasteiger partial charge in [0.1, 0.15) is 5.92 Å². The van der Waals surface area contributed by atoms with Crippen LogP contribution in [0, 0.1) is 19.8 Å². The maximum absolute atomic E-state index is 12.2. The molecule has 1 atom stereocenters. The van der Waals surface area contributed by atoms with E-state index in [1.54, 1.807) is 0 Å². The summed E-state index contributed by atoms with van der Waals surface area (Å²) >= 11 is 0. The monoisotopic (exact) mass is 397 g/mol. The highest BCUT2D eigenvalue weighted by atomic mass is 16.5. The first-order chi connectivity index (χ1) is 13.8. The Morgan fingerprint density at radius 2 is 1.83 bits per heavy atom. The van der Waals surface area contributed by atoms with E-state index in [2.05, 4.69) is 33.4 Å². The van der Waals surface area contributed by atoms with Crippen molar-refractivity contribution in [3.63, 3.8) is 0 Å². The quantitative estimate of drug-likeness (QED) is 0.728. The fraction of sp³-hybridized carbons (Fsp3) is 0.409. The van der Waals surface area contributed by atoms with Crippen molar-refractivity contribution in [1.82, 2.24) is 10.3 Å². The second-order valence-corrected chi connectivity index (χ2v) is 7.36. The molecule has 1 aliphatic heterocycles. The van der Waals surface area contributed by atoms with Gasteiger partial charge in [0, 0.05) is 36.7 Å². The van der Waals surface area contributed by atoms with E-state index in [0.29, 0.717) is 13.2 Å². The number of carbonyl (C=O) groups is 2. The van der Waals surface area contributed by atoms with Gasteiger partial charge >= 0.3 is 5.97 Å². The number of hydrogen-bond acceptors (Lipinski definition) is 5. The molecule has 0 radical (unpaired) electrons. The van der Waals surface area contributed by atoms with Gasteiger partial charge in [-0.3, -0.25) is 14.6 Å². The Morgan fingerprint density at radius 1 is 1.17 bits per heavy atom. The molecule has 0 spiro atoms. The molecule has 0 saturated carbocycles. The number of amides is 1. The van der Waals surface area contributed by atoms with Gasteiger partial charge in [-0.15, -0.1) is 0 Å². The molecule has 0 bridgehead atoms. The summed E-state index contributed by atoms with van der Waals surface area (Å²) in [6.07, 6.45) is 0. The fourth-order valence-corrected chi connectivity index (χ4v) is 3.46. The maximum atomic E-state index is 12.2. The molecule has 1 unspecified atom stereocenters. The van der Waals surface area contributed by atoms with Crippen LogP contribution in [-0.2, 0) is 20.9 Å². The number of benzene rings is 1. The van der Waals surface area contributed by atoms with Gasteiger partial charge in [-0.2, -0.15) is 0 Å². The van der Waals surface area contributed by atoms with Crippen LogP contribution in [-0.4, -0.2) is 48.3 Å². The highest BCUT2D eigenvalue weighted by molar-refractivity contribution is 5.96. The number of nitrogens with zero attached hydrogens (tertiary/aromatic N) is 2. The lowest BCUT2D eigenvalue weighted by atomic mass is 9.97. The second-order valence-electron chi connectivity index (χ2n) is 7.36. The van der Waals surface area contributed by atoms with Gasteiger partial charge in [0.05, 0.1) is 13.2 Å². The second kappa shape index (κ2) is 9.05. The van der Waals surface area contributed by atoms with Crippen molar-refractivity contribution < 1.29 is 19.4 Å². The number of aryl methyl sites for hydroxylation is 2. The van der Waals surface area contributed by atoms with Crippen LogP contribution >= 0.6 is 0 Å². The van der Waals surface area contributed by atoms with Gasteiger partial charge < -0.3 is 20.1 Å². The molecule has 1 amide bonds. The van der Waals surface area contributed by atoms with Crippen molar-refractivity contribution in [3.05, 3.63) is 47.3 Å². The number of anilines is 1. The fourth-order valence-electron chi connectivity index (χ4n) is 3.46. The Hall–Kier alpha value is -2.93. The summed E-state index contributed by atoms with van der Waals surface area (Å²) in [5.74, 6) is -2.72. The molecule has 7 nitrogen and oxygen atoms in total. The third-order valence-electron chi connectivity index (χ3n) is 5.07. The predicted octanol–water partition coefficient (Wildman–Crippen LogP) is 2.54. The van der Waals surface area contributed by atoms with Crippen LogP contribution < -0.4 is 10.2 Å². The number of nitrogens with one attached hydrogen (secondary N) is 1. The molecule has 29 heavy (non-hydrogen) atoms. The largest absolute Gasteiger partial charge is 0.481 e. The predicted molar refractivity (Wildman–Crippen MR) is 111 cm³/mol. The van der Waals surface area contributed by atoms with E-state index >= 15 is 0 Å². The van der Waals surface area contributed by atoms with Crippen LogP contribution in [0.2, 0.25) is 0 Å². The van der Waals surface area contributed by atoms with E-state index in [9.17, 15) is 9.59 Å². The number of aromatic nitrogens is 1. The van der Waals surface area contributed by atoms with Crippen molar-refractivity contribution in [2.45, 2.75) is 27.3 Å². The van der Waals surface area contributed by atoms with Crippen molar-refractivity contribution >= 4 is 17.6 Å². The molecule has 0 aliphatic carbocycles. The summed E-state index contributed by atoms with van der Waals surface area (Å²) in [6.45, 7) is 8.55. The van der Waals surface area contributed by atoms with Gasteiger partial charge in [0.25, 0.3) is 0 Å². The average molecular weight is 397 g/mol. The van der Waals surface area contributed by atoms with E-state index in [0.717, 1.165) is 46.9 Å². The Kier molecular flexibility index (Phi) is 6.49. The third-order valence-corrected chi connectivity index (χ3v) is 5.07. The summed E-state index contributed by atoms with van der Waals surface area (Å²) in [4.78, 5) is 30.0. The molecule has 1 fully saturated rings. The number of carboxylic acid groups (broad SMARTS) is 1. The van der Waals surface area contributed by atoms with Crippen LogP contribution in [0.15, 0.2) is 30.3 Å². The summed E-state index contributed by atoms with van der Waals surface area (Å²) < 4.78 is 5.44. The minimum Gasteiger partial charge on any atom is -0.481 e. The van der Waals surface area contributed by atoms with Gasteiger partial charge in [-0.25, -0.2) is 0 Å². The Balaban J connectivity index is 1.93. The molecular formula is C22H27N3O4. The van der Waals surface area contributed by atoms with E-state index in [1.807, 2.05) is 26.0 Å². The van der Waals surface area contributed by atoms with Crippen molar-refractivity contribution in [2.24, 2.45) is 5.92 Å². The zero-order valence-electron chi connectivity index (χ0n) is 17.1. The zero-order valence-corrected chi connectivity index (χ0v) is 17.1. The van der Waals surface area contributed by atoms with Gasteiger partial charge in [0.15, 0.2) is 0 Å². The zero-order chi connectivity index (χ0) is 21.0. The van der Waals surface area contributed by atoms with Crippen LogP contribution in [0.3, 0.4) is 0 Å². The molecule has 1 aromatic heterocycles. The van der Waals surface area contributed by atoms with Gasteiger partial charge in [0.2, 0.25) is 5.91 Å². The van der Waals surface area contributed by atoms with Crippen molar-refractivity contribution in [3.8, 4) is 11.1 Å². The van der Waals surface area contributed by atoms with Gasteiger partial charge in [-0.05, 0) is 61.7 Å². The molecule has 7 heteroatoms. The van der Waals surface area contributed by atoms with E-state index in [1.165, 1.54) is 6.92 Å². The Labute approximate surface area is 170 Å². The number of pyridine rings is 1. The number of ether oxygens (including phenoxy) is 1. The molecule has 2 aromatic rings. The topological polar surface area (TPSA) is 91.8 Å². The van der Waals surface area contributed by atoms with Crippen molar-refractivity contribution in [1.29, 1.82) is 0 Å². The molecule has 1 aromatic carbocycles. The average Bonchev–Trinajstić information content (AvgIpc) is 2.71. The maximum Gasteiger partial charge on any atom is 0.315 e. The number of hydrogen-bond donors (Lipinski definition) is 2. The lowest BCUT2D eigenvalue weighted by Gasteiger charge is -2.29. The van der Waals surface area contributed by atoms with Crippen LogP contribution in [0.5, 0.6) is 0 Å².